The summed E-state index contributed by atoms with van der Waals surface area (Å²) < 4.78 is 0. The van der Waals surface area contributed by atoms with E-state index in [4.69, 9.17) is 0 Å². The summed E-state index contributed by atoms with van der Waals surface area (Å²) in [7, 11) is 0. The van der Waals surface area contributed by atoms with E-state index in [1.807, 2.05) is 0 Å². The molecule has 122 valence electrons. The van der Waals surface area contributed by atoms with Crippen molar-refractivity contribution in [2.75, 3.05) is 18.4 Å². The SMILES string of the molecule is CC1(C)CC(=O)c2sc(NC(=O)CNCC3CC3)nc2C1.Cl. The lowest BCUT2D eigenvalue weighted by Gasteiger charge is -2.26. The number of aromatic nitrogens is 1. The van der Waals surface area contributed by atoms with E-state index in [0.29, 0.717) is 18.1 Å². The Morgan fingerprint density at radius 3 is 2.77 bits per heavy atom. The third-order valence-electron chi connectivity index (χ3n) is 3.90. The fourth-order valence-electron chi connectivity index (χ4n) is 2.65. The van der Waals surface area contributed by atoms with Crippen LogP contribution in [-0.2, 0) is 11.2 Å². The van der Waals surface area contributed by atoms with Crippen LogP contribution in [-0.4, -0.2) is 29.8 Å². The highest BCUT2D eigenvalue weighted by Crippen LogP contribution is 2.38. The van der Waals surface area contributed by atoms with Crippen LogP contribution in [0.1, 0.15) is 48.5 Å². The molecule has 1 fully saturated rings. The van der Waals surface area contributed by atoms with Gasteiger partial charge in [-0.05, 0) is 37.1 Å². The molecule has 1 aromatic rings. The first kappa shape index (κ1) is 17.4. The number of carbonyl (C=O) groups is 2. The molecule has 0 aromatic carbocycles. The summed E-state index contributed by atoms with van der Waals surface area (Å²) in [6, 6.07) is 0. The minimum absolute atomic E-state index is 0. The highest BCUT2D eigenvalue weighted by molar-refractivity contribution is 7.17. The number of Topliss-reactive ketones (excluding diaryl/α,β-unsaturated/α-hetero) is 1. The van der Waals surface area contributed by atoms with Gasteiger partial charge in [-0.3, -0.25) is 9.59 Å². The zero-order valence-electron chi connectivity index (χ0n) is 12.9. The number of amides is 1. The second kappa shape index (κ2) is 6.64. The molecule has 5 nitrogen and oxygen atoms in total. The van der Waals surface area contributed by atoms with E-state index in [1.54, 1.807) is 0 Å². The molecule has 1 aromatic heterocycles. The summed E-state index contributed by atoms with van der Waals surface area (Å²) in [5, 5.41) is 6.49. The van der Waals surface area contributed by atoms with Crippen molar-refractivity contribution in [3.8, 4) is 0 Å². The molecule has 0 bridgehead atoms. The smallest absolute Gasteiger partial charge is 0.240 e. The van der Waals surface area contributed by atoms with Gasteiger partial charge >= 0.3 is 0 Å². The van der Waals surface area contributed by atoms with Crippen LogP contribution in [0, 0.1) is 11.3 Å². The maximum Gasteiger partial charge on any atom is 0.240 e. The number of rotatable bonds is 5. The summed E-state index contributed by atoms with van der Waals surface area (Å²) >= 11 is 1.30. The number of hydrogen-bond acceptors (Lipinski definition) is 5. The van der Waals surface area contributed by atoms with Gasteiger partial charge in [-0.25, -0.2) is 4.98 Å². The highest BCUT2D eigenvalue weighted by atomic mass is 35.5. The summed E-state index contributed by atoms with van der Waals surface area (Å²) in [5.74, 6) is 0.810. The predicted octanol–water partition coefficient (Wildman–Crippen LogP) is 2.66. The number of halogens is 1. The van der Waals surface area contributed by atoms with Crippen LogP contribution < -0.4 is 10.6 Å². The molecule has 1 amide bonds. The number of anilines is 1. The molecule has 2 aliphatic carbocycles. The number of nitrogens with one attached hydrogen (secondary N) is 2. The van der Waals surface area contributed by atoms with Gasteiger partial charge in [-0.1, -0.05) is 25.2 Å². The monoisotopic (exact) mass is 343 g/mol. The van der Waals surface area contributed by atoms with E-state index in [2.05, 4.69) is 29.5 Å². The minimum atomic E-state index is -0.0894. The zero-order valence-corrected chi connectivity index (χ0v) is 14.5. The maximum atomic E-state index is 12.1. The molecule has 1 saturated carbocycles. The van der Waals surface area contributed by atoms with Crippen LogP contribution in [0.2, 0.25) is 0 Å². The Balaban J connectivity index is 0.00000176. The normalized spacial score (nSPS) is 19.3. The van der Waals surface area contributed by atoms with Crippen molar-refractivity contribution < 1.29 is 9.59 Å². The molecule has 0 radical (unpaired) electrons. The Kier molecular flexibility index (Phi) is 5.25. The topological polar surface area (TPSA) is 71.1 Å². The Hall–Kier alpha value is -0.980. The van der Waals surface area contributed by atoms with E-state index in [0.717, 1.165) is 29.5 Å². The van der Waals surface area contributed by atoms with Gasteiger partial charge in [0.05, 0.1) is 17.1 Å². The highest BCUT2D eigenvalue weighted by Gasteiger charge is 2.34. The van der Waals surface area contributed by atoms with Crippen LogP contribution in [0.25, 0.3) is 0 Å². The largest absolute Gasteiger partial charge is 0.308 e. The van der Waals surface area contributed by atoms with Gasteiger partial charge in [0.1, 0.15) is 0 Å². The third-order valence-corrected chi connectivity index (χ3v) is 4.95. The Labute approximate surface area is 140 Å². The second-order valence-electron chi connectivity index (χ2n) is 6.86. The molecule has 0 spiro atoms. The Bertz CT molecular complexity index is 581. The van der Waals surface area contributed by atoms with Crippen molar-refractivity contribution in [3.05, 3.63) is 10.6 Å². The van der Waals surface area contributed by atoms with Crippen molar-refractivity contribution in [2.45, 2.75) is 39.5 Å². The fraction of sp³-hybridized carbons (Fsp3) is 0.667. The molecule has 22 heavy (non-hydrogen) atoms. The fourth-order valence-corrected chi connectivity index (χ4v) is 3.58. The Morgan fingerprint density at radius 1 is 1.36 bits per heavy atom. The number of hydrogen-bond donors (Lipinski definition) is 2. The molecule has 0 aliphatic heterocycles. The summed E-state index contributed by atoms with van der Waals surface area (Å²) in [6.07, 6.45) is 3.89. The first-order valence-electron chi connectivity index (χ1n) is 7.46. The average Bonchev–Trinajstić information content (AvgIpc) is 3.09. The van der Waals surface area contributed by atoms with Crippen molar-refractivity contribution in [3.63, 3.8) is 0 Å². The molecule has 0 saturated heterocycles. The number of ketones is 1. The average molecular weight is 344 g/mol. The van der Waals surface area contributed by atoms with Crippen LogP contribution >= 0.6 is 23.7 Å². The van der Waals surface area contributed by atoms with E-state index in [1.165, 1.54) is 24.2 Å². The predicted molar refractivity (Wildman–Crippen MR) is 90.0 cm³/mol. The van der Waals surface area contributed by atoms with E-state index >= 15 is 0 Å². The van der Waals surface area contributed by atoms with Gasteiger partial charge in [-0.2, -0.15) is 0 Å². The van der Waals surface area contributed by atoms with Crippen molar-refractivity contribution in [1.82, 2.24) is 10.3 Å². The number of thiazole rings is 1. The maximum absolute atomic E-state index is 12.1. The van der Waals surface area contributed by atoms with Crippen LogP contribution in [0.4, 0.5) is 5.13 Å². The molecule has 0 atom stereocenters. The zero-order chi connectivity index (χ0) is 15.0. The summed E-state index contributed by atoms with van der Waals surface area (Å²) in [5.41, 5.74) is 0.799. The summed E-state index contributed by atoms with van der Waals surface area (Å²) in [6.45, 7) is 5.37. The van der Waals surface area contributed by atoms with Gasteiger partial charge in [0.15, 0.2) is 10.9 Å². The van der Waals surface area contributed by atoms with Crippen molar-refractivity contribution in [1.29, 1.82) is 0 Å². The minimum Gasteiger partial charge on any atom is -0.308 e. The lowest BCUT2D eigenvalue weighted by molar-refractivity contribution is -0.115. The molecular formula is C15H22ClN3O2S. The first-order valence-corrected chi connectivity index (χ1v) is 8.28. The molecule has 7 heteroatoms. The number of carbonyl (C=O) groups excluding carboxylic acids is 2. The van der Waals surface area contributed by atoms with Gasteiger partial charge in [-0.15, -0.1) is 12.4 Å². The van der Waals surface area contributed by atoms with Crippen LogP contribution in [0.15, 0.2) is 0 Å². The van der Waals surface area contributed by atoms with E-state index in [-0.39, 0.29) is 29.5 Å². The molecule has 2 N–H and O–H groups in total. The van der Waals surface area contributed by atoms with E-state index < -0.39 is 0 Å². The van der Waals surface area contributed by atoms with Crippen molar-refractivity contribution in [2.24, 2.45) is 11.3 Å². The van der Waals surface area contributed by atoms with Gasteiger partial charge in [0.25, 0.3) is 0 Å². The van der Waals surface area contributed by atoms with Gasteiger partial charge in [0, 0.05) is 6.42 Å². The van der Waals surface area contributed by atoms with Crippen LogP contribution in [0.5, 0.6) is 0 Å². The third kappa shape index (κ3) is 4.27. The number of nitrogens with zero attached hydrogens (tertiary/aromatic N) is 1. The molecule has 2 aliphatic rings. The molecular weight excluding hydrogens is 322 g/mol. The lowest BCUT2D eigenvalue weighted by atomic mass is 9.78. The van der Waals surface area contributed by atoms with E-state index in [9.17, 15) is 9.59 Å². The lowest BCUT2D eigenvalue weighted by Crippen LogP contribution is -2.29. The Morgan fingerprint density at radius 2 is 2.09 bits per heavy atom. The molecule has 3 rings (SSSR count). The standard InChI is InChI=1S/C15H21N3O2S.ClH/c1-15(2)5-10-13(11(19)6-15)21-14(17-10)18-12(20)8-16-7-9-3-4-9;/h9,16H,3-8H2,1-2H3,(H,17,18,20);1H. The van der Waals surface area contributed by atoms with Gasteiger partial charge < -0.3 is 10.6 Å². The first-order chi connectivity index (χ1) is 9.93. The molecule has 1 heterocycles. The van der Waals surface area contributed by atoms with Crippen molar-refractivity contribution >= 4 is 40.6 Å². The quantitative estimate of drug-likeness (QED) is 0.862. The number of fused-ring (bicyclic) bond motifs is 1. The van der Waals surface area contributed by atoms with Crippen LogP contribution in [0.3, 0.4) is 0 Å². The van der Waals surface area contributed by atoms with Gasteiger partial charge in [0.2, 0.25) is 5.91 Å². The summed E-state index contributed by atoms with van der Waals surface area (Å²) in [4.78, 5) is 29.1. The molecule has 0 unspecified atom stereocenters. The second-order valence-corrected chi connectivity index (χ2v) is 7.86.